The number of aromatic nitrogens is 3. The van der Waals surface area contributed by atoms with E-state index in [0.717, 1.165) is 31.4 Å². The van der Waals surface area contributed by atoms with E-state index < -0.39 is 0 Å². The minimum absolute atomic E-state index is 0.00653. The molecule has 2 aliphatic heterocycles. The van der Waals surface area contributed by atoms with Crippen molar-refractivity contribution in [3.05, 3.63) is 47.0 Å². The van der Waals surface area contributed by atoms with Crippen molar-refractivity contribution in [3.63, 3.8) is 0 Å². The molecule has 0 saturated carbocycles. The smallest absolute Gasteiger partial charge is 0.276 e. The summed E-state index contributed by atoms with van der Waals surface area (Å²) in [7, 11) is 0. The second kappa shape index (κ2) is 7.63. The molecule has 3 aromatic rings. The fourth-order valence-corrected chi connectivity index (χ4v) is 4.93. The standard InChI is InChI=1S/C22H27N5O2/c28-20(25-14-8-17(9-15-25)24-11-2-1-3-12-24)16-27-21-18(6-4-10-23-21)26-13-5-7-19(26)22(27)29/h4-7,10,13,17H,1-3,8-9,11-12,14-16H2. The van der Waals surface area contributed by atoms with Crippen LogP contribution in [0.1, 0.15) is 32.1 Å². The van der Waals surface area contributed by atoms with Crippen molar-refractivity contribution in [2.24, 2.45) is 0 Å². The second-order valence-electron chi connectivity index (χ2n) is 8.21. The Bertz CT molecular complexity index is 1090. The van der Waals surface area contributed by atoms with E-state index in [1.807, 2.05) is 33.7 Å². The van der Waals surface area contributed by atoms with Gasteiger partial charge in [0.25, 0.3) is 5.56 Å². The van der Waals surface area contributed by atoms with Gasteiger partial charge in [0.05, 0.1) is 5.52 Å². The van der Waals surface area contributed by atoms with Gasteiger partial charge in [-0.2, -0.15) is 0 Å². The summed E-state index contributed by atoms with van der Waals surface area (Å²) in [6.07, 6.45) is 9.51. The first kappa shape index (κ1) is 18.4. The Labute approximate surface area is 169 Å². The van der Waals surface area contributed by atoms with Gasteiger partial charge < -0.3 is 14.2 Å². The number of carbonyl (C=O) groups is 1. The highest BCUT2D eigenvalue weighted by atomic mass is 16.2. The van der Waals surface area contributed by atoms with Crippen molar-refractivity contribution in [2.75, 3.05) is 26.2 Å². The van der Waals surface area contributed by atoms with Crippen LogP contribution in [0.3, 0.4) is 0 Å². The topological polar surface area (TPSA) is 62.9 Å². The van der Waals surface area contributed by atoms with Crippen molar-refractivity contribution < 1.29 is 4.79 Å². The van der Waals surface area contributed by atoms with Crippen molar-refractivity contribution in [3.8, 4) is 0 Å². The lowest BCUT2D eigenvalue weighted by Crippen LogP contribution is -2.49. The van der Waals surface area contributed by atoms with E-state index in [-0.39, 0.29) is 18.0 Å². The largest absolute Gasteiger partial charge is 0.341 e. The molecule has 0 spiro atoms. The van der Waals surface area contributed by atoms with E-state index in [1.54, 1.807) is 12.3 Å². The molecule has 0 atom stereocenters. The number of nitrogens with zero attached hydrogens (tertiary/aromatic N) is 5. The lowest BCUT2D eigenvalue weighted by molar-refractivity contribution is -0.133. The van der Waals surface area contributed by atoms with E-state index in [9.17, 15) is 9.59 Å². The quantitative estimate of drug-likeness (QED) is 0.684. The average Bonchev–Trinajstić information content (AvgIpc) is 3.28. The zero-order valence-electron chi connectivity index (χ0n) is 16.7. The fraction of sp³-hybridized carbons (Fsp3) is 0.500. The lowest BCUT2D eigenvalue weighted by Gasteiger charge is -2.40. The zero-order valence-corrected chi connectivity index (χ0v) is 16.7. The highest BCUT2D eigenvalue weighted by Crippen LogP contribution is 2.21. The summed E-state index contributed by atoms with van der Waals surface area (Å²) in [6.45, 7) is 3.98. The van der Waals surface area contributed by atoms with Gasteiger partial charge in [0, 0.05) is 31.5 Å². The van der Waals surface area contributed by atoms with Gasteiger partial charge in [-0.15, -0.1) is 0 Å². The number of hydrogen-bond donors (Lipinski definition) is 0. The van der Waals surface area contributed by atoms with Crippen LogP contribution >= 0.6 is 0 Å². The monoisotopic (exact) mass is 393 g/mol. The number of fused-ring (bicyclic) bond motifs is 3. The number of pyridine rings is 1. The third kappa shape index (κ3) is 3.33. The number of likely N-dealkylation sites (tertiary alicyclic amines) is 2. The maximum absolute atomic E-state index is 13.0. The van der Waals surface area contributed by atoms with Crippen molar-refractivity contribution in [1.82, 2.24) is 23.8 Å². The number of hydrogen-bond acceptors (Lipinski definition) is 4. The Kier molecular flexibility index (Phi) is 4.83. The van der Waals surface area contributed by atoms with Gasteiger partial charge in [0.2, 0.25) is 5.91 Å². The van der Waals surface area contributed by atoms with E-state index in [4.69, 9.17) is 0 Å². The van der Waals surface area contributed by atoms with Crippen LogP contribution in [0.5, 0.6) is 0 Å². The average molecular weight is 393 g/mol. The molecule has 29 heavy (non-hydrogen) atoms. The molecule has 3 aromatic heterocycles. The molecule has 0 N–H and O–H groups in total. The van der Waals surface area contributed by atoms with E-state index >= 15 is 0 Å². The SMILES string of the molecule is O=C(Cn1c(=O)c2cccn2c2cccnc21)N1CCC(N2CCCCC2)CC1. The van der Waals surface area contributed by atoms with E-state index in [1.165, 1.54) is 36.9 Å². The molecule has 7 nitrogen and oxygen atoms in total. The summed E-state index contributed by atoms with van der Waals surface area (Å²) in [5.74, 6) is 0.00653. The van der Waals surface area contributed by atoms with Crippen molar-refractivity contribution >= 4 is 22.6 Å². The minimum atomic E-state index is -0.169. The first-order valence-electron chi connectivity index (χ1n) is 10.7. The normalized spacial score (nSPS) is 19.2. The Hall–Kier alpha value is -2.67. The summed E-state index contributed by atoms with van der Waals surface area (Å²) < 4.78 is 3.37. The van der Waals surface area contributed by atoms with Crippen LogP contribution in [0.15, 0.2) is 41.5 Å². The molecular weight excluding hydrogens is 366 g/mol. The van der Waals surface area contributed by atoms with Gasteiger partial charge in [-0.05, 0) is 63.0 Å². The van der Waals surface area contributed by atoms with E-state index in [0.29, 0.717) is 17.2 Å². The molecule has 2 fully saturated rings. The molecule has 0 unspecified atom stereocenters. The predicted molar refractivity (Wildman–Crippen MR) is 112 cm³/mol. The van der Waals surface area contributed by atoms with Crippen molar-refractivity contribution in [1.29, 1.82) is 0 Å². The molecule has 0 aliphatic carbocycles. The number of carbonyl (C=O) groups excluding carboxylic acids is 1. The first-order chi connectivity index (χ1) is 14.2. The summed E-state index contributed by atoms with van der Waals surface area (Å²) in [5.41, 5.74) is 1.79. The Morgan fingerprint density at radius 1 is 1.00 bits per heavy atom. The molecule has 7 heteroatoms. The highest BCUT2D eigenvalue weighted by molar-refractivity contribution is 5.80. The van der Waals surface area contributed by atoms with Gasteiger partial charge in [0.15, 0.2) is 5.65 Å². The summed E-state index contributed by atoms with van der Waals surface area (Å²) in [5, 5.41) is 0. The molecule has 0 bridgehead atoms. The molecule has 5 heterocycles. The van der Waals surface area contributed by atoms with Crippen LogP contribution in [0.4, 0.5) is 0 Å². The molecule has 1 amide bonds. The van der Waals surface area contributed by atoms with Gasteiger partial charge in [0.1, 0.15) is 12.1 Å². The highest BCUT2D eigenvalue weighted by Gasteiger charge is 2.28. The molecule has 0 aromatic carbocycles. The minimum Gasteiger partial charge on any atom is -0.341 e. The maximum atomic E-state index is 13.0. The third-order valence-electron chi connectivity index (χ3n) is 6.51. The van der Waals surface area contributed by atoms with Crippen molar-refractivity contribution in [2.45, 2.75) is 44.7 Å². The molecule has 5 rings (SSSR count). The number of piperidine rings is 2. The van der Waals surface area contributed by atoms with Gasteiger partial charge in [-0.1, -0.05) is 6.42 Å². The summed E-state index contributed by atoms with van der Waals surface area (Å²) >= 11 is 0. The van der Waals surface area contributed by atoms with Gasteiger partial charge >= 0.3 is 0 Å². The first-order valence-corrected chi connectivity index (χ1v) is 10.7. The van der Waals surface area contributed by atoms with Crippen LogP contribution in [0.25, 0.3) is 16.7 Å². The van der Waals surface area contributed by atoms with Crippen LogP contribution in [0.2, 0.25) is 0 Å². The lowest BCUT2D eigenvalue weighted by atomic mass is 10.00. The van der Waals surface area contributed by atoms with E-state index in [2.05, 4.69) is 9.88 Å². The Morgan fingerprint density at radius 2 is 1.76 bits per heavy atom. The molecule has 2 saturated heterocycles. The Morgan fingerprint density at radius 3 is 2.55 bits per heavy atom. The number of amides is 1. The number of rotatable bonds is 3. The van der Waals surface area contributed by atoms with Crippen LogP contribution < -0.4 is 5.56 Å². The Balaban J connectivity index is 1.35. The van der Waals surface area contributed by atoms with Gasteiger partial charge in [-0.3, -0.25) is 14.2 Å². The van der Waals surface area contributed by atoms with Crippen LogP contribution in [-0.2, 0) is 11.3 Å². The maximum Gasteiger partial charge on any atom is 0.276 e. The molecular formula is C22H27N5O2. The zero-order chi connectivity index (χ0) is 19.8. The molecule has 2 aliphatic rings. The predicted octanol–water partition coefficient (Wildman–Crippen LogP) is 2.13. The van der Waals surface area contributed by atoms with Crippen LogP contribution in [0, 0.1) is 0 Å². The summed E-state index contributed by atoms with van der Waals surface area (Å²) in [6, 6.07) is 8.02. The van der Waals surface area contributed by atoms with Gasteiger partial charge in [-0.25, -0.2) is 4.98 Å². The van der Waals surface area contributed by atoms with Crippen LogP contribution in [-0.4, -0.2) is 61.9 Å². The fourth-order valence-electron chi connectivity index (χ4n) is 4.93. The second-order valence-corrected chi connectivity index (χ2v) is 8.21. The molecule has 152 valence electrons. The summed E-state index contributed by atoms with van der Waals surface area (Å²) in [4.78, 5) is 35.0. The molecule has 0 radical (unpaired) electrons. The third-order valence-corrected chi connectivity index (χ3v) is 6.51.